The predicted molar refractivity (Wildman–Crippen MR) is 98.9 cm³/mol. The SMILES string of the molecule is O=C(NCc1ccc(-n2cncn2)cc1)NC[C@H]1C[C@H]1c1ccccc1. The van der Waals surface area contributed by atoms with Gasteiger partial charge >= 0.3 is 6.03 Å². The van der Waals surface area contributed by atoms with Gasteiger partial charge in [0.2, 0.25) is 0 Å². The van der Waals surface area contributed by atoms with Crippen molar-refractivity contribution in [1.82, 2.24) is 25.4 Å². The van der Waals surface area contributed by atoms with E-state index in [0.29, 0.717) is 18.4 Å². The molecule has 2 atom stereocenters. The summed E-state index contributed by atoms with van der Waals surface area (Å²) in [5.41, 5.74) is 3.35. The molecule has 4 rings (SSSR count). The van der Waals surface area contributed by atoms with Crippen LogP contribution < -0.4 is 10.6 Å². The van der Waals surface area contributed by atoms with Crippen LogP contribution in [0.25, 0.3) is 5.69 Å². The summed E-state index contributed by atoms with van der Waals surface area (Å²) in [6.07, 6.45) is 4.30. The maximum absolute atomic E-state index is 12.0. The van der Waals surface area contributed by atoms with Crippen LogP contribution in [0.5, 0.6) is 0 Å². The Kier molecular flexibility index (Phi) is 4.64. The first-order valence-electron chi connectivity index (χ1n) is 8.80. The molecule has 6 nitrogen and oxygen atoms in total. The number of carbonyl (C=O) groups excluding carboxylic acids is 1. The third-order valence-electron chi connectivity index (χ3n) is 4.75. The van der Waals surface area contributed by atoms with E-state index in [1.165, 1.54) is 11.9 Å². The molecule has 0 aliphatic heterocycles. The second-order valence-corrected chi connectivity index (χ2v) is 6.58. The minimum absolute atomic E-state index is 0.121. The molecule has 1 aliphatic carbocycles. The third kappa shape index (κ3) is 3.91. The molecule has 26 heavy (non-hydrogen) atoms. The molecule has 2 aromatic carbocycles. The molecule has 2 N–H and O–H groups in total. The molecule has 0 saturated heterocycles. The fourth-order valence-corrected chi connectivity index (χ4v) is 3.16. The molecule has 3 aromatic rings. The smallest absolute Gasteiger partial charge is 0.315 e. The van der Waals surface area contributed by atoms with Crippen molar-refractivity contribution in [2.75, 3.05) is 6.54 Å². The summed E-state index contributed by atoms with van der Waals surface area (Å²) in [4.78, 5) is 15.9. The summed E-state index contributed by atoms with van der Waals surface area (Å²) in [6, 6.07) is 18.2. The van der Waals surface area contributed by atoms with Gasteiger partial charge in [0.1, 0.15) is 12.7 Å². The number of rotatable bonds is 6. The number of benzene rings is 2. The van der Waals surface area contributed by atoms with E-state index in [0.717, 1.165) is 24.2 Å². The zero-order valence-corrected chi connectivity index (χ0v) is 14.4. The van der Waals surface area contributed by atoms with E-state index in [1.54, 1.807) is 11.0 Å². The van der Waals surface area contributed by atoms with Crippen LogP contribution in [0, 0.1) is 5.92 Å². The standard InChI is InChI=1S/C20H21N5O/c26-20(23-12-17-10-19(17)16-4-2-1-3-5-16)22-11-15-6-8-18(9-7-15)25-14-21-13-24-25/h1-9,13-14,17,19H,10-12H2,(H2,22,23,26)/t17-,19+/m1/s1. The molecule has 0 radical (unpaired) electrons. The van der Waals surface area contributed by atoms with Gasteiger partial charge in [-0.15, -0.1) is 0 Å². The highest BCUT2D eigenvalue weighted by atomic mass is 16.2. The van der Waals surface area contributed by atoms with Gasteiger partial charge in [0.25, 0.3) is 0 Å². The lowest BCUT2D eigenvalue weighted by Crippen LogP contribution is -2.36. The van der Waals surface area contributed by atoms with E-state index in [9.17, 15) is 4.79 Å². The molecule has 1 heterocycles. The van der Waals surface area contributed by atoms with Gasteiger partial charge in [-0.05, 0) is 41.5 Å². The maximum Gasteiger partial charge on any atom is 0.315 e. The lowest BCUT2D eigenvalue weighted by Gasteiger charge is -2.08. The van der Waals surface area contributed by atoms with Crippen molar-refractivity contribution >= 4 is 6.03 Å². The van der Waals surface area contributed by atoms with Crippen LogP contribution >= 0.6 is 0 Å². The molecule has 2 amide bonds. The number of nitrogens with zero attached hydrogens (tertiary/aromatic N) is 3. The fourth-order valence-electron chi connectivity index (χ4n) is 3.16. The molecule has 0 unspecified atom stereocenters. The quantitative estimate of drug-likeness (QED) is 0.720. The van der Waals surface area contributed by atoms with E-state index >= 15 is 0 Å². The molecule has 1 fully saturated rings. The van der Waals surface area contributed by atoms with Crippen LogP contribution in [0.2, 0.25) is 0 Å². The predicted octanol–water partition coefficient (Wildman–Crippen LogP) is 2.87. The summed E-state index contributed by atoms with van der Waals surface area (Å²) in [7, 11) is 0. The normalized spacial score (nSPS) is 18.3. The average molecular weight is 347 g/mol. The highest BCUT2D eigenvalue weighted by Crippen LogP contribution is 2.46. The number of carbonyl (C=O) groups is 1. The van der Waals surface area contributed by atoms with Gasteiger partial charge in [0.15, 0.2) is 0 Å². The zero-order chi connectivity index (χ0) is 17.8. The van der Waals surface area contributed by atoms with Crippen molar-refractivity contribution in [3.63, 3.8) is 0 Å². The Balaban J connectivity index is 1.20. The number of aromatic nitrogens is 3. The number of amides is 2. The van der Waals surface area contributed by atoms with Gasteiger partial charge in [0, 0.05) is 13.1 Å². The first kappa shape index (κ1) is 16.3. The number of hydrogen-bond donors (Lipinski definition) is 2. The molecular formula is C20H21N5O. The van der Waals surface area contributed by atoms with Crippen molar-refractivity contribution in [1.29, 1.82) is 0 Å². The topological polar surface area (TPSA) is 71.8 Å². The third-order valence-corrected chi connectivity index (χ3v) is 4.75. The fraction of sp³-hybridized carbons (Fsp3) is 0.250. The van der Waals surface area contributed by atoms with Gasteiger partial charge in [-0.25, -0.2) is 14.5 Å². The van der Waals surface area contributed by atoms with Crippen molar-refractivity contribution in [3.05, 3.63) is 78.4 Å². The second-order valence-electron chi connectivity index (χ2n) is 6.58. The summed E-state index contributed by atoms with van der Waals surface area (Å²) < 4.78 is 1.70. The lowest BCUT2D eigenvalue weighted by molar-refractivity contribution is 0.240. The Bertz CT molecular complexity index is 846. The van der Waals surface area contributed by atoms with Crippen molar-refractivity contribution in [2.24, 2.45) is 5.92 Å². The van der Waals surface area contributed by atoms with Crippen LogP contribution in [0.15, 0.2) is 67.3 Å². The van der Waals surface area contributed by atoms with Gasteiger partial charge in [-0.1, -0.05) is 42.5 Å². The van der Waals surface area contributed by atoms with E-state index in [1.807, 2.05) is 30.3 Å². The maximum atomic E-state index is 12.0. The first-order chi connectivity index (χ1) is 12.8. The Labute approximate surface area is 152 Å². The Morgan fingerprint density at radius 2 is 1.88 bits per heavy atom. The van der Waals surface area contributed by atoms with Crippen LogP contribution in [0.1, 0.15) is 23.5 Å². The monoisotopic (exact) mass is 347 g/mol. The summed E-state index contributed by atoms with van der Waals surface area (Å²) in [5.74, 6) is 1.13. The summed E-state index contributed by atoms with van der Waals surface area (Å²) in [6.45, 7) is 1.22. The van der Waals surface area contributed by atoms with E-state index < -0.39 is 0 Å². The zero-order valence-electron chi connectivity index (χ0n) is 14.4. The molecule has 0 bridgehead atoms. The van der Waals surface area contributed by atoms with Crippen LogP contribution in [0.4, 0.5) is 4.79 Å². The van der Waals surface area contributed by atoms with E-state index in [-0.39, 0.29) is 6.03 Å². The lowest BCUT2D eigenvalue weighted by atomic mass is 10.1. The van der Waals surface area contributed by atoms with Crippen LogP contribution in [-0.4, -0.2) is 27.3 Å². The number of nitrogens with one attached hydrogen (secondary N) is 2. The average Bonchev–Trinajstić information content (AvgIpc) is 3.26. The van der Waals surface area contributed by atoms with Gasteiger partial charge in [-0.3, -0.25) is 0 Å². The number of hydrogen-bond acceptors (Lipinski definition) is 3. The molecule has 0 spiro atoms. The number of urea groups is 1. The Morgan fingerprint density at radius 1 is 1.08 bits per heavy atom. The first-order valence-corrected chi connectivity index (χ1v) is 8.80. The van der Waals surface area contributed by atoms with Crippen LogP contribution in [0.3, 0.4) is 0 Å². The summed E-state index contributed by atoms with van der Waals surface area (Å²) in [5, 5.41) is 9.97. The molecule has 6 heteroatoms. The Hall–Kier alpha value is -3.15. The molecular weight excluding hydrogens is 326 g/mol. The van der Waals surface area contributed by atoms with Crippen LogP contribution in [-0.2, 0) is 6.54 Å². The molecule has 132 valence electrons. The largest absolute Gasteiger partial charge is 0.338 e. The minimum Gasteiger partial charge on any atom is -0.338 e. The molecule has 1 aliphatic rings. The van der Waals surface area contributed by atoms with E-state index in [2.05, 4.69) is 45.0 Å². The van der Waals surface area contributed by atoms with Crippen molar-refractivity contribution in [2.45, 2.75) is 18.9 Å². The summed E-state index contributed by atoms with van der Waals surface area (Å²) >= 11 is 0. The highest BCUT2D eigenvalue weighted by molar-refractivity contribution is 5.73. The Morgan fingerprint density at radius 3 is 2.62 bits per heavy atom. The molecule has 1 aromatic heterocycles. The highest BCUT2D eigenvalue weighted by Gasteiger charge is 2.37. The van der Waals surface area contributed by atoms with Crippen molar-refractivity contribution in [3.8, 4) is 5.69 Å². The van der Waals surface area contributed by atoms with E-state index in [4.69, 9.17) is 0 Å². The van der Waals surface area contributed by atoms with Gasteiger partial charge < -0.3 is 10.6 Å². The van der Waals surface area contributed by atoms with Crippen molar-refractivity contribution < 1.29 is 4.79 Å². The minimum atomic E-state index is -0.121. The molecule has 1 saturated carbocycles. The van der Waals surface area contributed by atoms with Gasteiger partial charge in [-0.2, -0.15) is 5.10 Å². The second kappa shape index (κ2) is 7.39. The van der Waals surface area contributed by atoms with Gasteiger partial charge in [0.05, 0.1) is 5.69 Å².